The van der Waals surface area contributed by atoms with Gasteiger partial charge in [-0.15, -0.1) is 0 Å². The van der Waals surface area contributed by atoms with E-state index in [-0.39, 0.29) is 19.2 Å². The molecule has 134 valence electrons. The van der Waals surface area contributed by atoms with E-state index in [1.807, 2.05) is 6.07 Å². The summed E-state index contributed by atoms with van der Waals surface area (Å²) < 4.78 is 15.8. The van der Waals surface area contributed by atoms with Crippen LogP contribution in [0, 0.1) is 5.92 Å². The van der Waals surface area contributed by atoms with Crippen LogP contribution >= 0.6 is 0 Å². The summed E-state index contributed by atoms with van der Waals surface area (Å²) in [6.07, 6.45) is 1.73. The monoisotopic (exact) mass is 338 g/mol. The van der Waals surface area contributed by atoms with Crippen LogP contribution in [-0.4, -0.2) is 51.2 Å². The summed E-state index contributed by atoms with van der Waals surface area (Å²) in [6, 6.07) is 5.10. The molecule has 0 aliphatic heterocycles. The van der Waals surface area contributed by atoms with Crippen molar-refractivity contribution in [2.75, 3.05) is 34.0 Å². The highest BCUT2D eigenvalue weighted by Gasteiger charge is 2.21. The second-order valence-corrected chi connectivity index (χ2v) is 5.89. The highest BCUT2D eigenvalue weighted by Crippen LogP contribution is 2.28. The van der Waals surface area contributed by atoms with Crippen molar-refractivity contribution in [2.45, 2.75) is 25.5 Å². The largest absolute Gasteiger partial charge is 0.493 e. The zero-order chi connectivity index (χ0) is 17.4. The molecule has 1 atom stereocenters. The summed E-state index contributed by atoms with van der Waals surface area (Å²) in [5.74, 6) is 1.91. The number of hydrogen-bond acceptors (Lipinski definition) is 5. The van der Waals surface area contributed by atoms with Crippen molar-refractivity contribution in [3.05, 3.63) is 23.8 Å². The van der Waals surface area contributed by atoms with Crippen LogP contribution in [0.1, 0.15) is 18.4 Å². The van der Waals surface area contributed by atoms with E-state index in [9.17, 15) is 9.90 Å². The first-order valence-corrected chi connectivity index (χ1v) is 8.10. The molecular formula is C17H26N2O5. The van der Waals surface area contributed by atoms with Crippen LogP contribution < -0.4 is 20.1 Å². The number of carbonyl (C=O) groups is 1. The summed E-state index contributed by atoms with van der Waals surface area (Å²) in [4.78, 5) is 11.8. The highest BCUT2D eigenvalue weighted by molar-refractivity contribution is 5.73. The lowest BCUT2D eigenvalue weighted by molar-refractivity contribution is 0.0337. The molecule has 1 aliphatic rings. The van der Waals surface area contributed by atoms with Crippen molar-refractivity contribution in [1.29, 1.82) is 0 Å². The predicted octanol–water partition coefficient (Wildman–Crippen LogP) is 1.29. The summed E-state index contributed by atoms with van der Waals surface area (Å²) in [5.41, 5.74) is 0.885. The topological polar surface area (TPSA) is 89.1 Å². The zero-order valence-electron chi connectivity index (χ0n) is 14.2. The Hall–Kier alpha value is -1.99. The summed E-state index contributed by atoms with van der Waals surface area (Å²) in [5, 5.41) is 15.1. The molecule has 2 amide bonds. The molecule has 0 saturated heterocycles. The van der Waals surface area contributed by atoms with Crippen LogP contribution in [0.15, 0.2) is 18.2 Å². The lowest BCUT2D eigenvalue weighted by atomic mass is 10.2. The minimum atomic E-state index is -0.699. The van der Waals surface area contributed by atoms with Gasteiger partial charge in [0, 0.05) is 19.7 Å². The Balaban J connectivity index is 1.64. The third kappa shape index (κ3) is 6.25. The molecule has 7 heteroatoms. The number of methoxy groups -OCH3 is 2. The molecule has 0 aromatic heterocycles. The number of aliphatic hydroxyl groups is 1. The van der Waals surface area contributed by atoms with Gasteiger partial charge in [-0.2, -0.15) is 0 Å². The number of amides is 2. The molecule has 1 aliphatic carbocycles. The Morgan fingerprint density at radius 1 is 1.25 bits per heavy atom. The second kappa shape index (κ2) is 9.34. The minimum Gasteiger partial charge on any atom is -0.493 e. The maximum absolute atomic E-state index is 11.8. The van der Waals surface area contributed by atoms with E-state index in [0.29, 0.717) is 30.6 Å². The van der Waals surface area contributed by atoms with Crippen LogP contribution in [-0.2, 0) is 11.3 Å². The van der Waals surface area contributed by atoms with E-state index >= 15 is 0 Å². The standard InChI is InChI=1S/C17H26N2O5/c1-22-15-6-5-13(7-16(15)23-2)8-18-17(21)19-9-14(20)11-24-10-12-3-4-12/h5-7,12,14,20H,3-4,8-11H2,1-2H3,(H2,18,19,21). The predicted molar refractivity (Wildman–Crippen MR) is 89.3 cm³/mol. The molecule has 0 heterocycles. The summed E-state index contributed by atoms with van der Waals surface area (Å²) in [6.45, 7) is 1.44. The van der Waals surface area contributed by atoms with Crippen molar-refractivity contribution < 1.29 is 24.1 Å². The van der Waals surface area contributed by atoms with Crippen LogP contribution in [0.2, 0.25) is 0 Å². The van der Waals surface area contributed by atoms with Crippen LogP contribution in [0.3, 0.4) is 0 Å². The molecule has 3 N–H and O–H groups in total. The number of carbonyl (C=O) groups excluding carboxylic acids is 1. The normalized spacial score (nSPS) is 14.8. The van der Waals surface area contributed by atoms with Crippen LogP contribution in [0.5, 0.6) is 11.5 Å². The maximum atomic E-state index is 11.8. The van der Waals surface area contributed by atoms with Gasteiger partial charge in [0.05, 0.1) is 26.9 Å². The van der Waals surface area contributed by atoms with Gasteiger partial charge < -0.3 is 30.0 Å². The van der Waals surface area contributed by atoms with Gasteiger partial charge in [0.25, 0.3) is 0 Å². The van der Waals surface area contributed by atoms with Crippen molar-refractivity contribution >= 4 is 6.03 Å². The number of hydrogen-bond donors (Lipinski definition) is 3. The van der Waals surface area contributed by atoms with Crippen molar-refractivity contribution in [1.82, 2.24) is 10.6 Å². The average Bonchev–Trinajstić information content (AvgIpc) is 3.42. The van der Waals surface area contributed by atoms with Gasteiger partial charge in [0.15, 0.2) is 11.5 Å². The van der Waals surface area contributed by atoms with Crippen LogP contribution in [0.4, 0.5) is 4.79 Å². The molecule has 1 aromatic rings. The van der Waals surface area contributed by atoms with Gasteiger partial charge in [-0.3, -0.25) is 0 Å². The van der Waals surface area contributed by atoms with Gasteiger partial charge in [-0.25, -0.2) is 4.79 Å². The van der Waals surface area contributed by atoms with E-state index in [2.05, 4.69) is 10.6 Å². The molecule has 24 heavy (non-hydrogen) atoms. The number of aliphatic hydroxyl groups excluding tert-OH is 1. The third-order valence-electron chi connectivity index (χ3n) is 3.76. The molecule has 0 radical (unpaired) electrons. The van der Waals surface area contributed by atoms with Crippen molar-refractivity contribution in [3.8, 4) is 11.5 Å². The smallest absolute Gasteiger partial charge is 0.315 e. The molecule has 1 fully saturated rings. The third-order valence-corrected chi connectivity index (χ3v) is 3.76. The van der Waals surface area contributed by atoms with Gasteiger partial charge >= 0.3 is 6.03 Å². The van der Waals surface area contributed by atoms with E-state index in [1.165, 1.54) is 12.8 Å². The first kappa shape index (κ1) is 18.4. The molecule has 1 unspecified atom stereocenters. The molecule has 0 spiro atoms. The summed E-state index contributed by atoms with van der Waals surface area (Å²) in [7, 11) is 3.14. The Morgan fingerprint density at radius 3 is 2.67 bits per heavy atom. The number of benzene rings is 1. The SMILES string of the molecule is COc1ccc(CNC(=O)NCC(O)COCC2CC2)cc1OC. The van der Waals surface area contributed by atoms with Gasteiger partial charge in [-0.1, -0.05) is 6.07 Å². The minimum absolute atomic E-state index is 0.155. The lowest BCUT2D eigenvalue weighted by Crippen LogP contribution is -2.40. The van der Waals surface area contributed by atoms with E-state index in [1.54, 1.807) is 26.4 Å². The molecule has 7 nitrogen and oxygen atoms in total. The Kier molecular flexibility index (Phi) is 7.14. The molecular weight excluding hydrogens is 312 g/mol. The summed E-state index contributed by atoms with van der Waals surface area (Å²) >= 11 is 0. The fourth-order valence-electron chi connectivity index (χ4n) is 2.16. The number of rotatable bonds is 10. The number of ether oxygens (including phenoxy) is 3. The zero-order valence-corrected chi connectivity index (χ0v) is 14.2. The van der Waals surface area contributed by atoms with Crippen molar-refractivity contribution in [2.24, 2.45) is 5.92 Å². The Bertz CT molecular complexity index is 534. The first-order chi connectivity index (χ1) is 11.6. The Morgan fingerprint density at radius 2 is 2.00 bits per heavy atom. The molecule has 1 aromatic carbocycles. The van der Waals surface area contributed by atoms with Crippen LogP contribution in [0.25, 0.3) is 0 Å². The quantitative estimate of drug-likeness (QED) is 0.598. The van der Waals surface area contributed by atoms with E-state index < -0.39 is 6.10 Å². The van der Waals surface area contributed by atoms with E-state index in [0.717, 1.165) is 5.56 Å². The second-order valence-electron chi connectivity index (χ2n) is 5.89. The molecule has 2 rings (SSSR count). The number of urea groups is 1. The van der Waals surface area contributed by atoms with Crippen molar-refractivity contribution in [3.63, 3.8) is 0 Å². The Labute approximate surface area is 142 Å². The van der Waals surface area contributed by atoms with Gasteiger partial charge in [0.1, 0.15) is 0 Å². The molecule has 0 bridgehead atoms. The van der Waals surface area contributed by atoms with Gasteiger partial charge in [-0.05, 0) is 36.5 Å². The maximum Gasteiger partial charge on any atom is 0.315 e. The van der Waals surface area contributed by atoms with Gasteiger partial charge in [0.2, 0.25) is 0 Å². The number of nitrogens with one attached hydrogen (secondary N) is 2. The first-order valence-electron chi connectivity index (χ1n) is 8.10. The lowest BCUT2D eigenvalue weighted by Gasteiger charge is -2.13. The fraction of sp³-hybridized carbons (Fsp3) is 0.588. The van der Waals surface area contributed by atoms with E-state index in [4.69, 9.17) is 14.2 Å². The fourth-order valence-corrected chi connectivity index (χ4v) is 2.16. The highest BCUT2D eigenvalue weighted by atomic mass is 16.5. The molecule has 1 saturated carbocycles. The average molecular weight is 338 g/mol.